The molecule has 0 saturated carbocycles. The van der Waals surface area contributed by atoms with E-state index in [0.29, 0.717) is 13.2 Å². The van der Waals surface area contributed by atoms with Crippen LogP contribution in [-0.2, 0) is 11.3 Å². The standard InChI is InChI=1S/C20H21BrO2/c1-20(2,15-22-3)12-11-17-13-18(9-10-19(17)21)23-14-16-7-5-4-6-8-16/h4-10,13H,14-15H2,1-3H3. The molecule has 23 heavy (non-hydrogen) atoms. The molecule has 0 bridgehead atoms. The van der Waals surface area contributed by atoms with Crippen LogP contribution in [0.15, 0.2) is 53.0 Å². The van der Waals surface area contributed by atoms with Crippen LogP contribution < -0.4 is 4.74 Å². The maximum Gasteiger partial charge on any atom is 0.121 e. The Bertz CT molecular complexity index is 697. The third kappa shape index (κ3) is 5.74. The largest absolute Gasteiger partial charge is 0.489 e. The number of hydrogen-bond donors (Lipinski definition) is 0. The molecule has 2 nitrogen and oxygen atoms in total. The zero-order valence-corrected chi connectivity index (χ0v) is 15.3. The van der Waals surface area contributed by atoms with Crippen molar-refractivity contribution in [3.63, 3.8) is 0 Å². The van der Waals surface area contributed by atoms with E-state index < -0.39 is 0 Å². The van der Waals surface area contributed by atoms with Crippen LogP contribution in [0.5, 0.6) is 5.75 Å². The van der Waals surface area contributed by atoms with E-state index >= 15 is 0 Å². The lowest BCUT2D eigenvalue weighted by Crippen LogP contribution is -2.15. The summed E-state index contributed by atoms with van der Waals surface area (Å²) in [4.78, 5) is 0. The summed E-state index contributed by atoms with van der Waals surface area (Å²) in [5, 5.41) is 0. The maximum atomic E-state index is 5.85. The average Bonchev–Trinajstić information content (AvgIpc) is 2.54. The lowest BCUT2D eigenvalue weighted by molar-refractivity contribution is 0.137. The number of ether oxygens (including phenoxy) is 2. The topological polar surface area (TPSA) is 18.5 Å². The van der Waals surface area contributed by atoms with Gasteiger partial charge in [0.2, 0.25) is 0 Å². The van der Waals surface area contributed by atoms with Gasteiger partial charge in [-0.2, -0.15) is 0 Å². The first-order valence-electron chi connectivity index (χ1n) is 7.48. The molecule has 0 N–H and O–H groups in total. The normalized spacial score (nSPS) is 10.8. The van der Waals surface area contributed by atoms with Gasteiger partial charge in [-0.25, -0.2) is 0 Å². The molecule has 2 aromatic rings. The van der Waals surface area contributed by atoms with Gasteiger partial charge in [0, 0.05) is 22.6 Å². The fourth-order valence-corrected chi connectivity index (χ4v) is 2.41. The second kappa shape index (κ2) is 8.19. The Morgan fingerprint density at radius 3 is 2.52 bits per heavy atom. The minimum Gasteiger partial charge on any atom is -0.489 e. The van der Waals surface area contributed by atoms with E-state index in [1.165, 1.54) is 0 Å². The number of halogens is 1. The third-order valence-electron chi connectivity index (χ3n) is 3.23. The van der Waals surface area contributed by atoms with Gasteiger partial charge in [-0.3, -0.25) is 0 Å². The predicted octanol–water partition coefficient (Wildman–Crippen LogP) is 5.05. The molecule has 0 spiro atoms. The van der Waals surface area contributed by atoms with E-state index in [2.05, 4.69) is 41.6 Å². The molecule has 120 valence electrons. The highest BCUT2D eigenvalue weighted by Crippen LogP contribution is 2.23. The van der Waals surface area contributed by atoms with Crippen LogP contribution >= 0.6 is 15.9 Å². The first-order chi connectivity index (χ1) is 11.0. The lowest BCUT2D eigenvalue weighted by atomic mass is 9.95. The van der Waals surface area contributed by atoms with Gasteiger partial charge in [-0.15, -0.1) is 0 Å². The van der Waals surface area contributed by atoms with Crippen LogP contribution in [-0.4, -0.2) is 13.7 Å². The zero-order valence-electron chi connectivity index (χ0n) is 13.7. The number of methoxy groups -OCH3 is 1. The monoisotopic (exact) mass is 372 g/mol. The molecule has 0 aliphatic rings. The SMILES string of the molecule is COCC(C)(C)C#Cc1cc(OCc2ccccc2)ccc1Br. The fraction of sp³-hybridized carbons (Fsp3) is 0.300. The summed E-state index contributed by atoms with van der Waals surface area (Å²) in [6.07, 6.45) is 0. The molecule has 0 heterocycles. The number of benzene rings is 2. The molecule has 0 aromatic heterocycles. The summed E-state index contributed by atoms with van der Waals surface area (Å²) in [7, 11) is 1.69. The van der Waals surface area contributed by atoms with E-state index in [1.807, 2.05) is 48.5 Å². The van der Waals surface area contributed by atoms with Crippen molar-refractivity contribution in [2.45, 2.75) is 20.5 Å². The van der Waals surface area contributed by atoms with Crippen molar-refractivity contribution >= 4 is 15.9 Å². The van der Waals surface area contributed by atoms with Gasteiger partial charge in [0.1, 0.15) is 12.4 Å². The highest BCUT2D eigenvalue weighted by Gasteiger charge is 2.13. The van der Waals surface area contributed by atoms with Crippen molar-refractivity contribution in [3.05, 3.63) is 64.1 Å². The van der Waals surface area contributed by atoms with E-state index in [4.69, 9.17) is 9.47 Å². The Morgan fingerprint density at radius 1 is 1.09 bits per heavy atom. The van der Waals surface area contributed by atoms with E-state index in [-0.39, 0.29) is 5.41 Å². The van der Waals surface area contributed by atoms with Crippen LogP contribution in [0.4, 0.5) is 0 Å². The second-order valence-electron chi connectivity index (χ2n) is 5.98. The summed E-state index contributed by atoms with van der Waals surface area (Å²) in [5.41, 5.74) is 1.87. The Balaban J connectivity index is 2.11. The molecule has 0 amide bonds. The van der Waals surface area contributed by atoms with Crippen molar-refractivity contribution in [2.75, 3.05) is 13.7 Å². The molecular weight excluding hydrogens is 352 g/mol. The summed E-state index contributed by atoms with van der Waals surface area (Å²) in [6.45, 7) is 5.27. The Labute approximate surface area is 147 Å². The Kier molecular flexibility index (Phi) is 6.27. The van der Waals surface area contributed by atoms with Gasteiger partial charge < -0.3 is 9.47 Å². The first kappa shape index (κ1) is 17.6. The maximum absolute atomic E-state index is 5.85. The third-order valence-corrected chi connectivity index (χ3v) is 3.92. The van der Waals surface area contributed by atoms with Gasteiger partial charge in [-0.05, 0) is 53.5 Å². The first-order valence-corrected chi connectivity index (χ1v) is 8.28. The van der Waals surface area contributed by atoms with E-state index in [0.717, 1.165) is 21.3 Å². The van der Waals surface area contributed by atoms with Gasteiger partial charge in [-0.1, -0.05) is 42.2 Å². The van der Waals surface area contributed by atoms with Crippen molar-refractivity contribution < 1.29 is 9.47 Å². The molecular formula is C20H21BrO2. The molecule has 2 rings (SSSR count). The van der Waals surface area contributed by atoms with Crippen molar-refractivity contribution in [3.8, 4) is 17.6 Å². The molecule has 2 aromatic carbocycles. The van der Waals surface area contributed by atoms with Crippen LogP contribution in [0, 0.1) is 17.3 Å². The lowest BCUT2D eigenvalue weighted by Gasteiger charge is -2.15. The van der Waals surface area contributed by atoms with Gasteiger partial charge in [0.05, 0.1) is 6.61 Å². The minimum absolute atomic E-state index is 0.185. The molecule has 0 unspecified atom stereocenters. The Morgan fingerprint density at radius 2 is 1.83 bits per heavy atom. The number of rotatable bonds is 5. The van der Waals surface area contributed by atoms with E-state index in [9.17, 15) is 0 Å². The van der Waals surface area contributed by atoms with Crippen LogP contribution in [0.3, 0.4) is 0 Å². The quantitative estimate of drug-likeness (QED) is 0.683. The molecule has 0 atom stereocenters. The summed E-state index contributed by atoms with van der Waals surface area (Å²) >= 11 is 3.54. The average molecular weight is 373 g/mol. The van der Waals surface area contributed by atoms with Crippen molar-refractivity contribution in [1.82, 2.24) is 0 Å². The second-order valence-corrected chi connectivity index (χ2v) is 6.84. The molecule has 0 aliphatic heterocycles. The van der Waals surface area contributed by atoms with Crippen molar-refractivity contribution in [2.24, 2.45) is 5.41 Å². The molecule has 0 aliphatic carbocycles. The summed E-state index contributed by atoms with van der Waals surface area (Å²) in [6, 6.07) is 16.0. The van der Waals surface area contributed by atoms with Gasteiger partial charge >= 0.3 is 0 Å². The molecule has 0 fully saturated rings. The molecule has 3 heteroatoms. The van der Waals surface area contributed by atoms with E-state index in [1.54, 1.807) is 7.11 Å². The van der Waals surface area contributed by atoms with Gasteiger partial charge in [0.15, 0.2) is 0 Å². The Hall–Kier alpha value is -1.76. The smallest absolute Gasteiger partial charge is 0.121 e. The fourth-order valence-electron chi connectivity index (χ4n) is 2.06. The zero-order chi connectivity index (χ0) is 16.7. The van der Waals surface area contributed by atoms with Crippen LogP contribution in [0.1, 0.15) is 25.0 Å². The number of hydrogen-bond acceptors (Lipinski definition) is 2. The summed E-state index contributed by atoms with van der Waals surface area (Å²) in [5.74, 6) is 7.29. The molecule has 0 saturated heterocycles. The van der Waals surface area contributed by atoms with Gasteiger partial charge in [0.25, 0.3) is 0 Å². The highest BCUT2D eigenvalue weighted by atomic mass is 79.9. The molecule has 0 radical (unpaired) electrons. The van der Waals surface area contributed by atoms with Crippen LogP contribution in [0.2, 0.25) is 0 Å². The minimum atomic E-state index is -0.185. The van der Waals surface area contributed by atoms with Crippen molar-refractivity contribution in [1.29, 1.82) is 0 Å². The summed E-state index contributed by atoms with van der Waals surface area (Å²) < 4.78 is 12.0. The highest BCUT2D eigenvalue weighted by molar-refractivity contribution is 9.10. The predicted molar refractivity (Wildman–Crippen MR) is 97.5 cm³/mol. The van der Waals surface area contributed by atoms with Crippen LogP contribution in [0.25, 0.3) is 0 Å².